The predicted molar refractivity (Wildman–Crippen MR) is 92.0 cm³/mol. The van der Waals surface area contributed by atoms with Gasteiger partial charge in [-0.3, -0.25) is 4.79 Å². The van der Waals surface area contributed by atoms with E-state index < -0.39 is 31.6 Å². The normalized spacial score (nSPS) is 27.1. The maximum Gasteiger partial charge on any atom is 0.270 e. The number of nitrogens with zero attached hydrogens (tertiary/aromatic N) is 2. The number of aryl methyl sites for hydroxylation is 1. The molecule has 1 aromatic heterocycles. The summed E-state index contributed by atoms with van der Waals surface area (Å²) >= 11 is 0. The van der Waals surface area contributed by atoms with Crippen molar-refractivity contribution >= 4 is 31.4 Å². The molecule has 9 nitrogen and oxygen atoms in total. The summed E-state index contributed by atoms with van der Waals surface area (Å²) in [4.78, 5) is 20.6. The van der Waals surface area contributed by atoms with Crippen LogP contribution in [0, 0.1) is 6.92 Å². The Hall–Kier alpha value is -1.75. The van der Waals surface area contributed by atoms with E-state index in [9.17, 15) is 21.6 Å². The first kappa shape index (κ1) is 18.1. The van der Waals surface area contributed by atoms with Crippen molar-refractivity contribution in [2.75, 3.05) is 28.3 Å². The van der Waals surface area contributed by atoms with Crippen molar-refractivity contribution in [3.8, 4) is 0 Å². The second-order valence-electron chi connectivity index (χ2n) is 6.50. The molecule has 2 N–H and O–H groups in total. The number of hydrogen-bond donors (Lipinski definition) is 2. The Morgan fingerprint density at radius 1 is 1.04 bits per heavy atom. The lowest BCUT2D eigenvalue weighted by molar-refractivity contribution is 0.0935. The van der Waals surface area contributed by atoms with Crippen LogP contribution in [0.4, 0.5) is 5.82 Å². The second kappa shape index (κ2) is 6.52. The topological polar surface area (TPSA) is 135 Å². The van der Waals surface area contributed by atoms with Gasteiger partial charge in [-0.2, -0.15) is 0 Å². The minimum absolute atomic E-state index is 0.0392. The summed E-state index contributed by atoms with van der Waals surface area (Å²) in [6.07, 6.45) is 0.885. The van der Waals surface area contributed by atoms with Gasteiger partial charge >= 0.3 is 0 Å². The van der Waals surface area contributed by atoms with Crippen LogP contribution in [-0.2, 0) is 19.7 Å². The van der Waals surface area contributed by atoms with E-state index in [-0.39, 0.29) is 34.7 Å². The first-order chi connectivity index (χ1) is 11.6. The molecule has 0 aromatic carbocycles. The highest BCUT2D eigenvalue weighted by molar-refractivity contribution is 7.91. The summed E-state index contributed by atoms with van der Waals surface area (Å²) < 4.78 is 46.0. The predicted octanol–water partition coefficient (Wildman–Crippen LogP) is -0.699. The summed E-state index contributed by atoms with van der Waals surface area (Å²) in [5.74, 6) is 0.483. The van der Waals surface area contributed by atoms with Gasteiger partial charge in [0.25, 0.3) is 5.91 Å². The van der Waals surface area contributed by atoms with Crippen LogP contribution in [0.2, 0.25) is 0 Å². The number of sulfone groups is 2. The summed E-state index contributed by atoms with van der Waals surface area (Å²) in [6.45, 7) is 1.63. The number of carbonyl (C=O) groups excluding carboxylic acids is 1. The number of anilines is 1. The highest BCUT2D eigenvalue weighted by Gasteiger charge is 2.30. The quantitative estimate of drug-likeness (QED) is 0.691. The van der Waals surface area contributed by atoms with Gasteiger partial charge in [-0.25, -0.2) is 26.8 Å². The van der Waals surface area contributed by atoms with Crippen LogP contribution in [0.1, 0.15) is 29.2 Å². The van der Waals surface area contributed by atoms with E-state index >= 15 is 0 Å². The first-order valence-corrected chi connectivity index (χ1v) is 11.6. The van der Waals surface area contributed by atoms with Crippen molar-refractivity contribution in [3.05, 3.63) is 17.6 Å². The van der Waals surface area contributed by atoms with Gasteiger partial charge in [-0.1, -0.05) is 0 Å². The maximum absolute atomic E-state index is 12.3. The Morgan fingerprint density at radius 2 is 1.64 bits per heavy atom. The number of rotatable bonds is 4. The van der Waals surface area contributed by atoms with E-state index in [1.807, 2.05) is 0 Å². The molecule has 138 valence electrons. The molecule has 25 heavy (non-hydrogen) atoms. The zero-order chi connectivity index (χ0) is 18.2. The van der Waals surface area contributed by atoms with Gasteiger partial charge in [0.15, 0.2) is 19.7 Å². The van der Waals surface area contributed by atoms with Crippen molar-refractivity contribution < 1.29 is 21.6 Å². The third-order valence-electron chi connectivity index (χ3n) is 4.22. The molecule has 0 radical (unpaired) electrons. The summed E-state index contributed by atoms with van der Waals surface area (Å²) in [5, 5.41) is 5.71. The van der Waals surface area contributed by atoms with E-state index in [4.69, 9.17) is 0 Å². The summed E-state index contributed by atoms with van der Waals surface area (Å²) in [5.41, 5.74) is 0.125. The lowest BCUT2D eigenvalue weighted by Gasteiger charge is -2.14. The van der Waals surface area contributed by atoms with Crippen molar-refractivity contribution in [2.24, 2.45) is 0 Å². The van der Waals surface area contributed by atoms with Gasteiger partial charge in [0.2, 0.25) is 0 Å². The molecule has 1 aromatic rings. The van der Waals surface area contributed by atoms with Gasteiger partial charge in [-0.05, 0) is 19.8 Å². The van der Waals surface area contributed by atoms with Gasteiger partial charge in [0, 0.05) is 18.2 Å². The Bertz CT molecular complexity index is 898. The van der Waals surface area contributed by atoms with E-state index in [1.54, 1.807) is 6.92 Å². The van der Waals surface area contributed by atoms with Crippen molar-refractivity contribution in [3.63, 3.8) is 0 Å². The average Bonchev–Trinajstić information content (AvgIpc) is 2.99. The number of nitrogens with one attached hydrogen (secondary N) is 2. The van der Waals surface area contributed by atoms with Crippen molar-refractivity contribution in [1.29, 1.82) is 0 Å². The fourth-order valence-electron chi connectivity index (χ4n) is 3.04. The molecule has 0 spiro atoms. The Morgan fingerprint density at radius 3 is 2.20 bits per heavy atom. The third-order valence-corrected chi connectivity index (χ3v) is 7.76. The van der Waals surface area contributed by atoms with Gasteiger partial charge in [0.1, 0.15) is 17.3 Å². The van der Waals surface area contributed by atoms with Crippen LogP contribution >= 0.6 is 0 Å². The van der Waals surface area contributed by atoms with Crippen LogP contribution in [0.3, 0.4) is 0 Å². The molecule has 0 aliphatic carbocycles. The zero-order valence-corrected chi connectivity index (χ0v) is 15.4. The Kier molecular flexibility index (Phi) is 4.71. The smallest absolute Gasteiger partial charge is 0.270 e. The van der Waals surface area contributed by atoms with Gasteiger partial charge in [-0.15, -0.1) is 0 Å². The third kappa shape index (κ3) is 4.66. The molecule has 1 amide bonds. The largest absolute Gasteiger partial charge is 0.366 e. The highest BCUT2D eigenvalue weighted by Crippen LogP contribution is 2.17. The van der Waals surface area contributed by atoms with Crippen LogP contribution < -0.4 is 10.6 Å². The Balaban J connectivity index is 1.70. The molecule has 0 saturated carbocycles. The molecule has 2 unspecified atom stereocenters. The fraction of sp³-hybridized carbons (Fsp3) is 0.643. The minimum atomic E-state index is -3.08. The SMILES string of the molecule is Cc1nc(NC2CCS(=O)(=O)C2)cc(C(=O)NC2CCS(=O)(=O)C2)n1. The lowest BCUT2D eigenvalue weighted by atomic mass is 10.2. The standard InChI is InChI=1S/C14H20N4O5S2/c1-9-15-12(14(19)18-11-3-5-25(22,23)8-11)6-13(16-9)17-10-2-4-24(20,21)7-10/h6,10-11H,2-5,7-8H2,1H3,(H,18,19)(H,15,16,17). The molecule has 2 atom stereocenters. The minimum Gasteiger partial charge on any atom is -0.366 e. The maximum atomic E-state index is 12.3. The second-order valence-corrected chi connectivity index (χ2v) is 11.0. The van der Waals surface area contributed by atoms with Crippen LogP contribution in [0.5, 0.6) is 0 Å². The zero-order valence-electron chi connectivity index (χ0n) is 13.7. The van der Waals surface area contributed by atoms with Crippen molar-refractivity contribution in [1.82, 2.24) is 15.3 Å². The molecule has 3 heterocycles. The van der Waals surface area contributed by atoms with E-state index in [2.05, 4.69) is 20.6 Å². The molecular weight excluding hydrogens is 368 g/mol. The fourth-order valence-corrected chi connectivity index (χ4v) is 6.39. The van der Waals surface area contributed by atoms with E-state index in [1.165, 1.54) is 6.07 Å². The van der Waals surface area contributed by atoms with Gasteiger partial charge in [0.05, 0.1) is 23.0 Å². The molecule has 0 bridgehead atoms. The first-order valence-electron chi connectivity index (χ1n) is 7.96. The van der Waals surface area contributed by atoms with E-state index in [0.29, 0.717) is 24.5 Å². The van der Waals surface area contributed by atoms with Crippen LogP contribution in [0.15, 0.2) is 6.07 Å². The van der Waals surface area contributed by atoms with Crippen molar-refractivity contribution in [2.45, 2.75) is 31.8 Å². The molecule has 2 fully saturated rings. The van der Waals surface area contributed by atoms with Crippen LogP contribution in [0.25, 0.3) is 0 Å². The van der Waals surface area contributed by atoms with E-state index in [0.717, 1.165) is 0 Å². The molecular formula is C14H20N4O5S2. The average molecular weight is 388 g/mol. The monoisotopic (exact) mass is 388 g/mol. The highest BCUT2D eigenvalue weighted by atomic mass is 32.2. The van der Waals surface area contributed by atoms with Gasteiger partial charge < -0.3 is 10.6 Å². The number of hydrogen-bond acceptors (Lipinski definition) is 8. The lowest BCUT2D eigenvalue weighted by Crippen LogP contribution is -2.36. The Labute approximate surface area is 146 Å². The number of aromatic nitrogens is 2. The molecule has 2 aliphatic heterocycles. The number of amides is 1. The summed E-state index contributed by atoms with van der Waals surface area (Å²) in [6, 6.07) is 0.802. The molecule has 2 saturated heterocycles. The summed E-state index contributed by atoms with van der Waals surface area (Å²) in [7, 11) is -6.10. The number of carbonyl (C=O) groups is 1. The molecule has 2 aliphatic rings. The molecule has 3 rings (SSSR count). The molecule has 11 heteroatoms. The van der Waals surface area contributed by atoms with Crippen LogP contribution in [-0.4, -0.2) is 67.8 Å².